The molecule has 1 aromatic rings. The molecule has 0 saturated heterocycles. The van der Waals surface area contributed by atoms with Crippen LogP contribution in [0.25, 0.3) is 0 Å². The first-order valence-corrected chi connectivity index (χ1v) is 7.60. The lowest BCUT2D eigenvalue weighted by Crippen LogP contribution is -2.35. The molecule has 0 N–H and O–H groups in total. The third-order valence-corrected chi connectivity index (χ3v) is 3.91. The Bertz CT molecular complexity index is 645. The fourth-order valence-electron chi connectivity index (χ4n) is 1.47. The fraction of sp³-hybridized carbons (Fsp3) is 0.364. The molecule has 0 fully saturated rings. The average Bonchev–Trinajstić information content (AvgIpc) is 2.33. The second-order valence-corrected chi connectivity index (χ2v) is 6.32. The number of benzene rings is 1. The van der Waals surface area contributed by atoms with Gasteiger partial charge < -0.3 is 4.74 Å². The van der Waals surface area contributed by atoms with Crippen molar-refractivity contribution in [1.82, 2.24) is 0 Å². The average molecular weight is 346 g/mol. The first-order chi connectivity index (χ1) is 9.46. The van der Waals surface area contributed by atoms with Gasteiger partial charge in [0.2, 0.25) is 10.0 Å². The topological polar surface area (TPSA) is 63.7 Å². The van der Waals surface area contributed by atoms with Crippen molar-refractivity contribution in [2.45, 2.75) is 6.18 Å². The summed E-state index contributed by atoms with van der Waals surface area (Å²) >= 11 is 5.45. The molecule has 0 aliphatic rings. The van der Waals surface area contributed by atoms with E-state index in [0.717, 1.165) is 25.5 Å². The summed E-state index contributed by atoms with van der Waals surface area (Å²) in [6.07, 6.45) is -3.99. The van der Waals surface area contributed by atoms with E-state index in [1.165, 1.54) is 0 Å². The number of carbonyl (C=O) groups excluding carboxylic acids is 1. The van der Waals surface area contributed by atoms with Crippen molar-refractivity contribution in [3.8, 4) is 0 Å². The molecule has 1 rings (SSSR count). The normalized spacial score (nSPS) is 12.1. The number of ether oxygens (including phenoxy) is 1. The molecule has 21 heavy (non-hydrogen) atoms. The van der Waals surface area contributed by atoms with Crippen LogP contribution in [0, 0.1) is 0 Å². The largest absolute Gasteiger partial charge is 0.468 e. The summed E-state index contributed by atoms with van der Waals surface area (Å²) in [5.74, 6) is -0.913. The minimum atomic E-state index is -4.75. The number of anilines is 1. The number of sulfonamides is 1. The van der Waals surface area contributed by atoms with Gasteiger partial charge in [0.15, 0.2) is 0 Å². The lowest BCUT2D eigenvalue weighted by molar-refractivity contribution is -0.138. The van der Waals surface area contributed by atoms with E-state index in [0.29, 0.717) is 10.4 Å². The highest BCUT2D eigenvalue weighted by atomic mass is 35.5. The first kappa shape index (κ1) is 17.6. The molecule has 0 heterocycles. The molecule has 0 radical (unpaired) electrons. The minimum absolute atomic E-state index is 0.334. The van der Waals surface area contributed by atoms with Crippen LogP contribution < -0.4 is 4.31 Å². The zero-order valence-electron chi connectivity index (χ0n) is 10.9. The van der Waals surface area contributed by atoms with Gasteiger partial charge in [-0.15, -0.1) is 0 Å². The monoisotopic (exact) mass is 345 g/mol. The summed E-state index contributed by atoms with van der Waals surface area (Å²) in [4.78, 5) is 11.2. The maximum atomic E-state index is 12.8. The summed E-state index contributed by atoms with van der Waals surface area (Å²) in [7, 11) is -2.94. The van der Waals surface area contributed by atoms with E-state index in [4.69, 9.17) is 11.6 Å². The van der Waals surface area contributed by atoms with E-state index < -0.39 is 39.3 Å². The van der Waals surface area contributed by atoms with Crippen molar-refractivity contribution in [2.75, 3.05) is 24.2 Å². The van der Waals surface area contributed by atoms with Gasteiger partial charge in [-0.05, 0) is 18.2 Å². The van der Waals surface area contributed by atoms with Crippen molar-refractivity contribution < 1.29 is 31.1 Å². The van der Waals surface area contributed by atoms with Crippen LogP contribution in [0.5, 0.6) is 0 Å². The molecule has 10 heteroatoms. The lowest BCUT2D eigenvalue weighted by atomic mass is 10.2. The molecule has 5 nitrogen and oxygen atoms in total. The molecule has 0 atom stereocenters. The predicted octanol–water partition coefficient (Wildman–Crippen LogP) is 2.30. The summed E-state index contributed by atoms with van der Waals surface area (Å²) in [6.45, 7) is -0.742. The molecule has 0 unspecified atom stereocenters. The van der Waals surface area contributed by atoms with Crippen LogP contribution in [0.2, 0.25) is 5.02 Å². The Labute approximate surface area is 124 Å². The molecule has 1 aromatic carbocycles. The Morgan fingerprint density at radius 1 is 1.38 bits per heavy atom. The maximum absolute atomic E-state index is 12.8. The van der Waals surface area contributed by atoms with E-state index in [1.54, 1.807) is 0 Å². The summed E-state index contributed by atoms with van der Waals surface area (Å²) in [5, 5.41) is -0.572. The van der Waals surface area contributed by atoms with Gasteiger partial charge in [0.05, 0.1) is 29.6 Å². The van der Waals surface area contributed by atoms with Crippen molar-refractivity contribution in [3.63, 3.8) is 0 Å². The van der Waals surface area contributed by atoms with Gasteiger partial charge in [-0.2, -0.15) is 13.2 Å². The third kappa shape index (κ3) is 4.50. The van der Waals surface area contributed by atoms with Crippen LogP contribution in [0.3, 0.4) is 0 Å². The van der Waals surface area contributed by atoms with Crippen molar-refractivity contribution in [1.29, 1.82) is 0 Å². The Kier molecular flexibility index (Phi) is 5.11. The van der Waals surface area contributed by atoms with Crippen LogP contribution in [-0.2, 0) is 25.7 Å². The second kappa shape index (κ2) is 6.10. The third-order valence-electron chi connectivity index (χ3n) is 2.44. The van der Waals surface area contributed by atoms with Crippen LogP contribution in [0.1, 0.15) is 5.56 Å². The van der Waals surface area contributed by atoms with Crippen molar-refractivity contribution >= 4 is 33.3 Å². The maximum Gasteiger partial charge on any atom is 0.417 e. The van der Waals surface area contributed by atoms with Gasteiger partial charge in [0, 0.05) is 0 Å². The van der Waals surface area contributed by atoms with Gasteiger partial charge in [-0.3, -0.25) is 9.10 Å². The zero-order chi connectivity index (χ0) is 16.4. The molecule has 0 amide bonds. The Hall–Kier alpha value is -1.48. The number of hydrogen-bond donors (Lipinski definition) is 0. The molecule has 0 spiro atoms. The number of carbonyl (C=O) groups is 1. The van der Waals surface area contributed by atoms with Crippen LogP contribution in [0.4, 0.5) is 18.9 Å². The summed E-state index contributed by atoms with van der Waals surface area (Å²) in [6, 6.07) is 2.54. The van der Waals surface area contributed by atoms with Gasteiger partial charge in [-0.1, -0.05) is 11.6 Å². The number of methoxy groups -OCH3 is 1. The van der Waals surface area contributed by atoms with Crippen LogP contribution in [0.15, 0.2) is 18.2 Å². The molecular formula is C11H11ClF3NO4S. The van der Waals surface area contributed by atoms with E-state index in [2.05, 4.69) is 4.74 Å². The second-order valence-electron chi connectivity index (χ2n) is 4.01. The molecule has 0 aromatic heterocycles. The lowest BCUT2D eigenvalue weighted by Gasteiger charge is -2.22. The Morgan fingerprint density at radius 3 is 2.38 bits per heavy atom. The Balaban J connectivity index is 3.36. The SMILES string of the molecule is COC(=O)CN(c1ccc(Cl)c(C(F)(F)F)c1)S(C)(=O)=O. The molecule has 0 bridgehead atoms. The van der Waals surface area contributed by atoms with Gasteiger partial charge in [0.1, 0.15) is 6.54 Å². The van der Waals surface area contributed by atoms with E-state index in [9.17, 15) is 26.4 Å². The molecule has 0 aliphatic carbocycles. The summed E-state index contributed by atoms with van der Waals surface area (Å²) in [5.41, 5.74) is -1.53. The van der Waals surface area contributed by atoms with Crippen molar-refractivity contribution in [3.05, 3.63) is 28.8 Å². The standard InChI is InChI=1S/C11H11ClF3NO4S/c1-20-10(17)6-16(21(2,18)19)7-3-4-9(12)8(5-7)11(13,14)15/h3-5H,6H2,1-2H3. The number of halogens is 4. The van der Waals surface area contributed by atoms with E-state index in [-0.39, 0.29) is 5.69 Å². The van der Waals surface area contributed by atoms with Crippen LogP contribution in [-0.4, -0.2) is 34.3 Å². The highest BCUT2D eigenvalue weighted by Crippen LogP contribution is 2.37. The first-order valence-electron chi connectivity index (χ1n) is 5.38. The highest BCUT2D eigenvalue weighted by molar-refractivity contribution is 7.92. The molecule has 0 aliphatic heterocycles. The fourth-order valence-corrected chi connectivity index (χ4v) is 2.53. The van der Waals surface area contributed by atoms with Gasteiger partial charge in [0.25, 0.3) is 0 Å². The quantitative estimate of drug-likeness (QED) is 0.785. The number of esters is 1. The van der Waals surface area contributed by atoms with Crippen molar-refractivity contribution in [2.24, 2.45) is 0 Å². The number of rotatable bonds is 4. The van der Waals surface area contributed by atoms with E-state index >= 15 is 0 Å². The minimum Gasteiger partial charge on any atom is -0.468 e. The molecule has 118 valence electrons. The molecular weight excluding hydrogens is 335 g/mol. The highest BCUT2D eigenvalue weighted by Gasteiger charge is 2.34. The van der Waals surface area contributed by atoms with Crippen LogP contribution >= 0.6 is 11.6 Å². The predicted molar refractivity (Wildman–Crippen MR) is 70.7 cm³/mol. The summed E-state index contributed by atoms with van der Waals surface area (Å²) < 4.78 is 66.4. The van der Waals surface area contributed by atoms with Gasteiger partial charge in [-0.25, -0.2) is 8.42 Å². The number of nitrogens with zero attached hydrogens (tertiary/aromatic N) is 1. The molecule has 0 saturated carbocycles. The smallest absolute Gasteiger partial charge is 0.417 e. The number of alkyl halides is 3. The van der Waals surface area contributed by atoms with E-state index in [1.807, 2.05) is 0 Å². The number of hydrogen-bond acceptors (Lipinski definition) is 4. The Morgan fingerprint density at radius 2 is 1.95 bits per heavy atom. The van der Waals surface area contributed by atoms with Gasteiger partial charge >= 0.3 is 12.1 Å². The zero-order valence-corrected chi connectivity index (χ0v) is 12.5.